The number of methoxy groups -OCH3 is 2. The molecule has 2 aromatic rings. The van der Waals surface area contributed by atoms with Gasteiger partial charge >= 0.3 is 5.97 Å². The Bertz CT molecular complexity index is 990. The molecule has 0 aromatic heterocycles. The number of esters is 1. The van der Waals surface area contributed by atoms with E-state index in [0.717, 1.165) is 0 Å². The molecule has 0 spiro atoms. The Morgan fingerprint density at radius 3 is 2.55 bits per heavy atom. The van der Waals surface area contributed by atoms with Crippen LogP contribution in [0.4, 0.5) is 5.69 Å². The highest BCUT2D eigenvalue weighted by molar-refractivity contribution is 6.33. The molecule has 1 fully saturated rings. The molecule has 0 aliphatic carbocycles. The molecule has 1 heterocycles. The fraction of sp³-hybridized carbons (Fsp3) is 0.150. The summed E-state index contributed by atoms with van der Waals surface area (Å²) >= 11 is 6.24. The third kappa shape index (κ3) is 4.33. The lowest BCUT2D eigenvalue weighted by Crippen LogP contribution is -2.35. The normalized spacial score (nSPS) is 14.7. The van der Waals surface area contributed by atoms with Gasteiger partial charge in [0.15, 0.2) is 18.1 Å². The highest BCUT2D eigenvalue weighted by atomic mass is 35.5. The molecule has 0 atom stereocenters. The fourth-order valence-corrected chi connectivity index (χ4v) is 2.91. The van der Waals surface area contributed by atoms with Crippen LogP contribution < -0.4 is 19.9 Å². The number of ether oxygens (including phenoxy) is 3. The second-order valence-electron chi connectivity index (χ2n) is 5.87. The molecule has 1 saturated heterocycles. The van der Waals surface area contributed by atoms with E-state index in [9.17, 15) is 14.4 Å². The quantitative estimate of drug-likeness (QED) is 0.441. The van der Waals surface area contributed by atoms with E-state index in [1.807, 2.05) is 0 Å². The number of benzene rings is 2. The highest BCUT2D eigenvalue weighted by Gasteiger charge is 2.34. The van der Waals surface area contributed by atoms with Crippen molar-refractivity contribution in [2.24, 2.45) is 0 Å². The van der Waals surface area contributed by atoms with E-state index in [1.165, 1.54) is 37.4 Å². The van der Waals surface area contributed by atoms with Crippen LogP contribution in [0.15, 0.2) is 48.0 Å². The predicted molar refractivity (Wildman–Crippen MR) is 106 cm³/mol. The molecule has 1 N–H and O–H groups in total. The van der Waals surface area contributed by atoms with Crippen LogP contribution in [-0.2, 0) is 19.1 Å². The minimum Gasteiger partial charge on any atom is -0.493 e. The van der Waals surface area contributed by atoms with E-state index < -0.39 is 17.8 Å². The van der Waals surface area contributed by atoms with E-state index in [0.29, 0.717) is 11.3 Å². The zero-order valence-corrected chi connectivity index (χ0v) is 16.4. The van der Waals surface area contributed by atoms with E-state index >= 15 is 0 Å². The van der Waals surface area contributed by atoms with Crippen LogP contribution in [0, 0.1) is 0 Å². The molecule has 29 heavy (non-hydrogen) atoms. The van der Waals surface area contributed by atoms with E-state index in [2.05, 4.69) is 10.2 Å². The van der Waals surface area contributed by atoms with Gasteiger partial charge in [0, 0.05) is 0 Å². The summed E-state index contributed by atoms with van der Waals surface area (Å²) in [6.07, 6.45) is 1.40. The molecule has 0 unspecified atom stereocenters. The lowest BCUT2D eigenvalue weighted by Gasteiger charge is -2.14. The molecule has 8 nitrogen and oxygen atoms in total. The van der Waals surface area contributed by atoms with Gasteiger partial charge in [0.05, 0.1) is 24.9 Å². The Kier molecular flexibility index (Phi) is 6.04. The average Bonchev–Trinajstić information content (AvgIpc) is 3.01. The van der Waals surface area contributed by atoms with Gasteiger partial charge in [-0.15, -0.1) is 0 Å². The molecule has 9 heteroatoms. The summed E-state index contributed by atoms with van der Waals surface area (Å²) in [7, 11) is 2.64. The molecular weight excluding hydrogens is 400 g/mol. The van der Waals surface area contributed by atoms with Gasteiger partial charge in [-0.05, 0) is 35.9 Å². The molecule has 150 valence electrons. The highest BCUT2D eigenvalue weighted by Crippen LogP contribution is 2.37. The predicted octanol–water partition coefficient (Wildman–Crippen LogP) is 2.36. The molecule has 1 aliphatic heterocycles. The number of nitrogens with zero attached hydrogens (tertiary/aromatic N) is 1. The van der Waals surface area contributed by atoms with Crippen molar-refractivity contribution in [1.29, 1.82) is 0 Å². The first-order valence-electron chi connectivity index (χ1n) is 8.44. The van der Waals surface area contributed by atoms with Gasteiger partial charge in [-0.2, -0.15) is 0 Å². The van der Waals surface area contributed by atoms with Gasteiger partial charge in [-0.25, -0.2) is 9.80 Å². The van der Waals surface area contributed by atoms with Crippen LogP contribution in [0.2, 0.25) is 5.02 Å². The number of hydrogen-bond acceptors (Lipinski definition) is 6. The molecular formula is C20H17ClN2O6. The van der Waals surface area contributed by atoms with E-state index in [1.54, 1.807) is 30.3 Å². The first-order valence-corrected chi connectivity index (χ1v) is 8.81. The van der Waals surface area contributed by atoms with Crippen molar-refractivity contribution in [3.8, 4) is 11.5 Å². The minimum absolute atomic E-state index is 0.0600. The summed E-state index contributed by atoms with van der Waals surface area (Å²) in [5, 5.41) is 1.31. The van der Waals surface area contributed by atoms with Gasteiger partial charge < -0.3 is 14.2 Å². The number of para-hydroxylation sites is 1. The first kappa shape index (κ1) is 20.2. The number of hydrazine groups is 1. The van der Waals surface area contributed by atoms with Crippen molar-refractivity contribution in [3.05, 3.63) is 58.6 Å². The number of nitrogens with one attached hydrogen (secondary N) is 1. The minimum atomic E-state index is -0.580. The van der Waals surface area contributed by atoms with Crippen molar-refractivity contribution in [3.63, 3.8) is 0 Å². The third-order valence-electron chi connectivity index (χ3n) is 4.03. The summed E-state index contributed by atoms with van der Waals surface area (Å²) in [6.45, 7) is -0.347. The Balaban J connectivity index is 1.89. The van der Waals surface area contributed by atoms with Crippen LogP contribution in [0.1, 0.15) is 5.56 Å². The van der Waals surface area contributed by atoms with Gasteiger partial charge in [-0.1, -0.05) is 29.8 Å². The van der Waals surface area contributed by atoms with Crippen LogP contribution in [0.5, 0.6) is 11.5 Å². The van der Waals surface area contributed by atoms with Crippen LogP contribution in [0.3, 0.4) is 0 Å². The van der Waals surface area contributed by atoms with Gasteiger partial charge in [0.1, 0.15) is 5.57 Å². The second-order valence-corrected chi connectivity index (χ2v) is 6.28. The zero-order chi connectivity index (χ0) is 21.0. The van der Waals surface area contributed by atoms with Crippen molar-refractivity contribution >= 4 is 41.1 Å². The van der Waals surface area contributed by atoms with Gasteiger partial charge in [0.25, 0.3) is 11.8 Å². The van der Waals surface area contributed by atoms with Crippen LogP contribution in [-0.4, -0.2) is 38.6 Å². The number of halogens is 1. The molecule has 2 amide bonds. The standard InChI is InChI=1S/C20H17ClN2O6/c1-27-16-10-12(9-15(21)18(16)29-11-17(24)28-2)8-14-19(25)22-23(20(14)26)13-6-4-3-5-7-13/h3-10H,11H2,1-2H3,(H,22,25)/b14-8-. The lowest BCUT2D eigenvalue weighted by atomic mass is 10.1. The monoisotopic (exact) mass is 416 g/mol. The number of amides is 2. The molecule has 0 saturated carbocycles. The lowest BCUT2D eigenvalue weighted by molar-refractivity contribution is -0.143. The first-order chi connectivity index (χ1) is 13.9. The summed E-state index contributed by atoms with van der Waals surface area (Å²) in [4.78, 5) is 36.3. The Labute approximate surface area is 171 Å². The summed E-state index contributed by atoms with van der Waals surface area (Å²) in [6, 6.07) is 11.8. The molecule has 2 aromatic carbocycles. The Morgan fingerprint density at radius 1 is 1.17 bits per heavy atom. The van der Waals surface area contributed by atoms with Crippen molar-refractivity contribution in [2.45, 2.75) is 0 Å². The summed E-state index contributed by atoms with van der Waals surface area (Å²) in [5.74, 6) is -1.24. The number of anilines is 1. The van der Waals surface area contributed by atoms with E-state index in [-0.39, 0.29) is 28.7 Å². The maximum atomic E-state index is 12.7. The van der Waals surface area contributed by atoms with Crippen molar-refractivity contribution in [2.75, 3.05) is 25.8 Å². The van der Waals surface area contributed by atoms with Crippen molar-refractivity contribution < 1.29 is 28.6 Å². The van der Waals surface area contributed by atoms with E-state index in [4.69, 9.17) is 21.1 Å². The molecule has 3 rings (SSSR count). The van der Waals surface area contributed by atoms with Crippen LogP contribution in [0.25, 0.3) is 6.08 Å². The fourth-order valence-electron chi connectivity index (χ4n) is 2.64. The Hall–Kier alpha value is -3.52. The Morgan fingerprint density at radius 2 is 1.90 bits per heavy atom. The van der Waals surface area contributed by atoms with Crippen molar-refractivity contribution in [1.82, 2.24) is 5.43 Å². The maximum absolute atomic E-state index is 12.7. The summed E-state index contributed by atoms with van der Waals surface area (Å²) < 4.78 is 15.1. The number of carbonyl (C=O) groups excluding carboxylic acids is 3. The topological polar surface area (TPSA) is 94.2 Å². The zero-order valence-electron chi connectivity index (χ0n) is 15.6. The second kappa shape index (κ2) is 8.66. The smallest absolute Gasteiger partial charge is 0.343 e. The number of carbonyl (C=O) groups is 3. The SMILES string of the molecule is COC(=O)COc1c(Cl)cc(/C=C2/C(=O)NN(c3ccccc3)C2=O)cc1OC. The summed E-state index contributed by atoms with van der Waals surface area (Å²) in [5.41, 5.74) is 3.45. The van der Waals surface area contributed by atoms with Gasteiger partial charge in [0.2, 0.25) is 0 Å². The number of hydrogen-bond donors (Lipinski definition) is 1. The average molecular weight is 417 g/mol. The number of rotatable bonds is 6. The maximum Gasteiger partial charge on any atom is 0.343 e. The third-order valence-corrected chi connectivity index (χ3v) is 4.31. The largest absolute Gasteiger partial charge is 0.493 e. The van der Waals surface area contributed by atoms with Gasteiger partial charge in [-0.3, -0.25) is 15.0 Å². The molecule has 0 radical (unpaired) electrons. The molecule has 0 bridgehead atoms. The molecule has 1 aliphatic rings. The van der Waals surface area contributed by atoms with Crippen LogP contribution >= 0.6 is 11.6 Å².